The molecule has 0 saturated carbocycles. The van der Waals surface area contributed by atoms with Crippen LogP contribution in [0.5, 0.6) is 5.75 Å². The van der Waals surface area contributed by atoms with Gasteiger partial charge in [-0.1, -0.05) is 36.4 Å². The van der Waals surface area contributed by atoms with Crippen molar-refractivity contribution in [1.82, 2.24) is 0 Å². The Balaban J connectivity index is 1.76. The number of carbonyl (C=O) groups excluding carboxylic acids is 2. The van der Waals surface area contributed by atoms with Crippen LogP contribution >= 0.6 is 0 Å². The fourth-order valence-corrected chi connectivity index (χ4v) is 3.89. The second kappa shape index (κ2) is 8.64. The first kappa shape index (κ1) is 20.7. The number of rotatable bonds is 5. The van der Waals surface area contributed by atoms with Crippen LogP contribution in [0.1, 0.15) is 29.7 Å². The van der Waals surface area contributed by atoms with Crippen molar-refractivity contribution in [2.24, 2.45) is 0 Å². The summed E-state index contributed by atoms with van der Waals surface area (Å²) in [4.78, 5) is 30.3. The van der Waals surface area contributed by atoms with Crippen molar-refractivity contribution in [1.29, 1.82) is 0 Å². The second-order valence-corrected chi connectivity index (χ2v) is 7.70. The Labute approximate surface area is 182 Å². The maximum atomic E-state index is 13.7. The molecule has 1 aliphatic heterocycles. The van der Waals surface area contributed by atoms with Gasteiger partial charge in [-0.05, 0) is 73.9 Å². The molecule has 4 rings (SSSR count). The summed E-state index contributed by atoms with van der Waals surface area (Å²) < 4.78 is 5.52. The van der Waals surface area contributed by atoms with E-state index in [0.29, 0.717) is 12.3 Å². The molecule has 1 atom stereocenters. The third-order valence-electron chi connectivity index (χ3n) is 5.66. The van der Waals surface area contributed by atoms with Crippen LogP contribution in [-0.2, 0) is 9.59 Å². The molecule has 158 valence electrons. The molecular formula is C26H26N2O3. The number of aryl methyl sites for hydroxylation is 2. The van der Waals surface area contributed by atoms with E-state index in [2.05, 4.69) is 0 Å². The summed E-state index contributed by atoms with van der Waals surface area (Å²) in [5.41, 5.74) is 4.44. The highest BCUT2D eigenvalue weighted by molar-refractivity contribution is 6.14. The first-order chi connectivity index (χ1) is 15.0. The lowest BCUT2D eigenvalue weighted by atomic mass is 9.99. The smallest absolute Gasteiger partial charge is 0.255 e. The number of carbonyl (C=O) groups is 2. The standard InChI is InChI=1S/C26H26N2O3/c1-4-31-23-14-12-21(13-15-23)28-24(29)17-27(22-11-10-18(2)19(3)16-22)26(30)25(28)20-8-6-5-7-9-20/h5-16,25H,4,17H2,1-3H3. The maximum absolute atomic E-state index is 13.7. The fraction of sp³-hybridized carbons (Fsp3) is 0.231. The van der Waals surface area contributed by atoms with Crippen LogP contribution in [0.25, 0.3) is 0 Å². The zero-order valence-electron chi connectivity index (χ0n) is 18.0. The summed E-state index contributed by atoms with van der Waals surface area (Å²) >= 11 is 0. The normalized spacial score (nSPS) is 16.5. The van der Waals surface area contributed by atoms with Gasteiger partial charge in [-0.3, -0.25) is 14.5 Å². The Kier molecular flexibility index (Phi) is 5.76. The predicted octanol–water partition coefficient (Wildman–Crippen LogP) is 4.82. The zero-order chi connectivity index (χ0) is 22.0. The number of amides is 2. The molecule has 1 heterocycles. The highest BCUT2D eigenvalue weighted by Crippen LogP contribution is 2.35. The summed E-state index contributed by atoms with van der Waals surface area (Å²) in [5.74, 6) is 0.480. The van der Waals surface area contributed by atoms with Gasteiger partial charge in [0.25, 0.3) is 5.91 Å². The topological polar surface area (TPSA) is 49.9 Å². The van der Waals surface area contributed by atoms with Crippen molar-refractivity contribution < 1.29 is 14.3 Å². The van der Waals surface area contributed by atoms with Crippen LogP contribution in [0.15, 0.2) is 72.8 Å². The Morgan fingerprint density at radius 3 is 2.19 bits per heavy atom. The number of ether oxygens (including phenoxy) is 1. The van der Waals surface area contributed by atoms with Gasteiger partial charge in [-0.25, -0.2) is 0 Å². The van der Waals surface area contributed by atoms with E-state index in [1.54, 1.807) is 9.80 Å². The summed E-state index contributed by atoms with van der Waals surface area (Å²) in [6.45, 7) is 6.53. The molecule has 31 heavy (non-hydrogen) atoms. The summed E-state index contributed by atoms with van der Waals surface area (Å²) in [7, 11) is 0. The lowest BCUT2D eigenvalue weighted by Crippen LogP contribution is -2.56. The van der Waals surface area contributed by atoms with Crippen LogP contribution in [0, 0.1) is 13.8 Å². The van der Waals surface area contributed by atoms with Gasteiger partial charge in [-0.2, -0.15) is 0 Å². The third-order valence-corrected chi connectivity index (χ3v) is 5.66. The minimum absolute atomic E-state index is 0.00210. The quantitative estimate of drug-likeness (QED) is 0.601. The molecule has 1 unspecified atom stereocenters. The number of benzene rings is 3. The van der Waals surface area contributed by atoms with E-state index < -0.39 is 6.04 Å². The van der Waals surface area contributed by atoms with Crippen LogP contribution in [-0.4, -0.2) is 25.0 Å². The van der Waals surface area contributed by atoms with E-state index in [1.807, 2.05) is 93.6 Å². The SMILES string of the molecule is CCOc1ccc(N2C(=O)CN(c3ccc(C)c(C)c3)C(=O)C2c2ccccc2)cc1. The highest BCUT2D eigenvalue weighted by atomic mass is 16.5. The van der Waals surface area contributed by atoms with Crippen LogP contribution in [0.3, 0.4) is 0 Å². The molecule has 1 aliphatic rings. The van der Waals surface area contributed by atoms with Crippen molar-refractivity contribution >= 4 is 23.2 Å². The van der Waals surface area contributed by atoms with Gasteiger partial charge in [-0.15, -0.1) is 0 Å². The lowest BCUT2D eigenvalue weighted by Gasteiger charge is -2.40. The van der Waals surface area contributed by atoms with Gasteiger partial charge in [0.15, 0.2) is 0 Å². The molecular weight excluding hydrogens is 388 g/mol. The van der Waals surface area contributed by atoms with E-state index in [-0.39, 0.29) is 18.4 Å². The number of nitrogens with zero attached hydrogens (tertiary/aromatic N) is 2. The molecule has 1 fully saturated rings. The van der Waals surface area contributed by atoms with Gasteiger partial charge < -0.3 is 9.64 Å². The second-order valence-electron chi connectivity index (χ2n) is 7.70. The third kappa shape index (κ3) is 4.04. The predicted molar refractivity (Wildman–Crippen MR) is 123 cm³/mol. The Hall–Kier alpha value is -3.60. The van der Waals surface area contributed by atoms with Crippen molar-refractivity contribution in [3.63, 3.8) is 0 Å². The molecule has 0 aliphatic carbocycles. The molecule has 0 spiro atoms. The molecule has 0 N–H and O–H groups in total. The largest absolute Gasteiger partial charge is 0.494 e. The van der Waals surface area contributed by atoms with Crippen LogP contribution in [0.2, 0.25) is 0 Å². The summed E-state index contributed by atoms with van der Waals surface area (Å²) in [5, 5.41) is 0. The fourth-order valence-electron chi connectivity index (χ4n) is 3.89. The van der Waals surface area contributed by atoms with Crippen molar-refractivity contribution in [2.75, 3.05) is 23.0 Å². The van der Waals surface area contributed by atoms with Crippen LogP contribution < -0.4 is 14.5 Å². The maximum Gasteiger partial charge on any atom is 0.255 e. The Morgan fingerprint density at radius 2 is 1.55 bits per heavy atom. The molecule has 0 bridgehead atoms. The number of hydrogen-bond acceptors (Lipinski definition) is 3. The number of piperazine rings is 1. The molecule has 3 aromatic carbocycles. The van der Waals surface area contributed by atoms with Gasteiger partial charge in [0, 0.05) is 11.4 Å². The van der Waals surface area contributed by atoms with E-state index in [4.69, 9.17) is 4.74 Å². The number of anilines is 2. The van der Waals surface area contributed by atoms with Gasteiger partial charge in [0.2, 0.25) is 5.91 Å². The highest BCUT2D eigenvalue weighted by Gasteiger charge is 2.41. The molecule has 5 nitrogen and oxygen atoms in total. The van der Waals surface area contributed by atoms with Gasteiger partial charge >= 0.3 is 0 Å². The summed E-state index contributed by atoms with van der Waals surface area (Å²) in [6.07, 6.45) is 0. The van der Waals surface area contributed by atoms with E-state index >= 15 is 0 Å². The average molecular weight is 415 g/mol. The van der Waals surface area contributed by atoms with Crippen molar-refractivity contribution in [3.05, 3.63) is 89.5 Å². The Bertz CT molecular complexity index is 1090. The molecule has 3 aromatic rings. The first-order valence-corrected chi connectivity index (χ1v) is 10.5. The molecule has 1 saturated heterocycles. The van der Waals surface area contributed by atoms with Crippen molar-refractivity contribution in [3.8, 4) is 5.75 Å². The molecule has 5 heteroatoms. The van der Waals surface area contributed by atoms with Crippen LogP contribution in [0.4, 0.5) is 11.4 Å². The molecule has 0 radical (unpaired) electrons. The van der Waals surface area contributed by atoms with Crippen molar-refractivity contribution in [2.45, 2.75) is 26.8 Å². The van der Waals surface area contributed by atoms with E-state index in [1.165, 1.54) is 0 Å². The van der Waals surface area contributed by atoms with Gasteiger partial charge in [0.05, 0.1) is 6.61 Å². The molecule has 0 aromatic heterocycles. The average Bonchev–Trinajstić information content (AvgIpc) is 2.78. The Morgan fingerprint density at radius 1 is 0.871 bits per heavy atom. The molecule has 2 amide bonds. The minimum atomic E-state index is -0.734. The van der Waals surface area contributed by atoms with E-state index in [0.717, 1.165) is 28.1 Å². The summed E-state index contributed by atoms with van der Waals surface area (Å²) in [6, 6.07) is 21.9. The monoisotopic (exact) mass is 414 g/mol. The van der Waals surface area contributed by atoms with Gasteiger partial charge in [0.1, 0.15) is 18.3 Å². The lowest BCUT2D eigenvalue weighted by molar-refractivity contribution is -0.128. The first-order valence-electron chi connectivity index (χ1n) is 10.5. The minimum Gasteiger partial charge on any atom is -0.494 e. The van der Waals surface area contributed by atoms with E-state index in [9.17, 15) is 9.59 Å². The zero-order valence-corrected chi connectivity index (χ0v) is 18.0. The number of hydrogen-bond donors (Lipinski definition) is 0.